The quantitative estimate of drug-likeness (QED) is 0.832. The van der Waals surface area contributed by atoms with Crippen molar-refractivity contribution in [2.24, 2.45) is 0 Å². The van der Waals surface area contributed by atoms with E-state index in [2.05, 4.69) is 25.7 Å². The van der Waals surface area contributed by atoms with E-state index in [9.17, 15) is 5.11 Å². The molecule has 0 fully saturated rings. The highest BCUT2D eigenvalue weighted by atomic mass is 32.2. The van der Waals surface area contributed by atoms with Crippen LogP contribution in [-0.2, 0) is 0 Å². The maximum Gasteiger partial charge on any atom is 0.134 e. The number of nitrogens with zero attached hydrogens (tertiary/aromatic N) is 1. The van der Waals surface area contributed by atoms with Crippen LogP contribution in [0.15, 0.2) is 39.3 Å². The van der Waals surface area contributed by atoms with Crippen LogP contribution in [0.3, 0.4) is 0 Å². The second kappa shape index (κ2) is 6.73. The van der Waals surface area contributed by atoms with Crippen molar-refractivity contribution >= 4 is 22.7 Å². The van der Waals surface area contributed by atoms with Crippen LogP contribution in [0, 0.1) is 6.92 Å². The van der Waals surface area contributed by atoms with Crippen molar-refractivity contribution < 1.29 is 14.3 Å². The van der Waals surface area contributed by atoms with Crippen molar-refractivity contribution in [1.29, 1.82) is 0 Å². The third-order valence-corrected chi connectivity index (χ3v) is 5.76. The first-order valence-corrected chi connectivity index (χ1v) is 9.23. The van der Waals surface area contributed by atoms with E-state index in [1.165, 1.54) is 10.6 Å². The third kappa shape index (κ3) is 3.42. The van der Waals surface area contributed by atoms with Gasteiger partial charge in [-0.25, -0.2) is 0 Å². The molecule has 0 atom stereocenters. The summed E-state index contributed by atoms with van der Waals surface area (Å²) in [6.45, 7) is 9.22. The van der Waals surface area contributed by atoms with E-state index in [0.29, 0.717) is 6.61 Å². The Balaban J connectivity index is 1.70. The number of aliphatic hydroxyl groups excluding tert-OH is 1. The Morgan fingerprint density at radius 3 is 2.83 bits per heavy atom. The molecule has 1 N–H and O–H groups in total. The third-order valence-electron chi connectivity index (χ3n) is 4.61. The first-order chi connectivity index (χ1) is 11.4. The Bertz CT molecular complexity index is 763. The van der Waals surface area contributed by atoms with Gasteiger partial charge in [-0.05, 0) is 58.4 Å². The SMILES string of the molecule is CC1=C(COc2ccc3oc(C)cc3c2)SCN1C(C)(C)CCO. The maximum atomic E-state index is 9.27. The average molecular weight is 347 g/mol. The van der Waals surface area contributed by atoms with Crippen molar-refractivity contribution in [3.8, 4) is 5.75 Å². The molecule has 5 heteroatoms. The summed E-state index contributed by atoms with van der Waals surface area (Å²) >= 11 is 1.82. The highest BCUT2D eigenvalue weighted by Crippen LogP contribution is 2.38. The minimum absolute atomic E-state index is 0.0409. The molecule has 2 aromatic rings. The number of furan rings is 1. The van der Waals surface area contributed by atoms with Gasteiger partial charge in [-0.3, -0.25) is 0 Å². The number of hydrogen-bond donors (Lipinski definition) is 1. The fourth-order valence-corrected chi connectivity index (χ4v) is 4.36. The van der Waals surface area contributed by atoms with Crippen LogP contribution in [-0.4, -0.2) is 34.6 Å². The van der Waals surface area contributed by atoms with Crippen LogP contribution in [0.2, 0.25) is 0 Å². The van der Waals surface area contributed by atoms with Gasteiger partial charge in [-0.15, -0.1) is 11.8 Å². The predicted octanol–water partition coefficient (Wildman–Crippen LogP) is 4.52. The molecule has 2 heterocycles. The molecule has 0 amide bonds. The number of aryl methyl sites for hydroxylation is 1. The lowest BCUT2D eigenvalue weighted by Crippen LogP contribution is -2.41. The van der Waals surface area contributed by atoms with Gasteiger partial charge in [-0.1, -0.05) is 0 Å². The van der Waals surface area contributed by atoms with E-state index in [1.807, 2.05) is 43.0 Å². The van der Waals surface area contributed by atoms with E-state index in [-0.39, 0.29) is 12.1 Å². The lowest BCUT2D eigenvalue weighted by atomic mass is 9.98. The smallest absolute Gasteiger partial charge is 0.134 e. The molecule has 1 aliphatic rings. The zero-order chi connectivity index (χ0) is 17.3. The van der Waals surface area contributed by atoms with Crippen LogP contribution >= 0.6 is 11.8 Å². The number of hydrogen-bond acceptors (Lipinski definition) is 5. The lowest BCUT2D eigenvalue weighted by Gasteiger charge is -2.37. The van der Waals surface area contributed by atoms with E-state index in [1.54, 1.807) is 0 Å². The van der Waals surface area contributed by atoms with E-state index < -0.39 is 0 Å². The Morgan fingerprint density at radius 1 is 1.29 bits per heavy atom. The highest BCUT2D eigenvalue weighted by Gasteiger charge is 2.32. The van der Waals surface area contributed by atoms with Crippen LogP contribution in [0.1, 0.15) is 33.0 Å². The van der Waals surface area contributed by atoms with Gasteiger partial charge in [0.15, 0.2) is 0 Å². The number of rotatable bonds is 6. The normalized spacial score (nSPS) is 15.6. The van der Waals surface area contributed by atoms with E-state index in [4.69, 9.17) is 9.15 Å². The summed E-state index contributed by atoms with van der Waals surface area (Å²) < 4.78 is 11.6. The van der Waals surface area contributed by atoms with Gasteiger partial charge in [0.05, 0.1) is 5.88 Å². The summed E-state index contributed by atoms with van der Waals surface area (Å²) in [5.41, 5.74) is 2.10. The van der Waals surface area contributed by atoms with Gasteiger partial charge in [-0.2, -0.15) is 0 Å². The molecule has 0 radical (unpaired) electrons. The molecular formula is C19H25NO3S. The molecule has 24 heavy (non-hydrogen) atoms. The van der Waals surface area contributed by atoms with E-state index in [0.717, 1.165) is 34.8 Å². The maximum absolute atomic E-state index is 9.27. The monoisotopic (exact) mass is 347 g/mol. The van der Waals surface area contributed by atoms with E-state index >= 15 is 0 Å². The molecule has 0 bridgehead atoms. The Morgan fingerprint density at radius 2 is 2.08 bits per heavy atom. The number of allylic oxidation sites excluding steroid dienone is 1. The van der Waals surface area contributed by atoms with Crippen LogP contribution in [0.25, 0.3) is 11.0 Å². The van der Waals surface area contributed by atoms with Crippen molar-refractivity contribution in [3.63, 3.8) is 0 Å². The molecule has 130 valence electrons. The van der Waals surface area contributed by atoms with Crippen molar-refractivity contribution in [1.82, 2.24) is 4.90 Å². The molecular weight excluding hydrogens is 322 g/mol. The molecule has 1 aliphatic heterocycles. The minimum atomic E-state index is -0.0409. The molecule has 4 nitrogen and oxygen atoms in total. The van der Waals surface area contributed by atoms with Crippen LogP contribution < -0.4 is 4.74 Å². The Kier molecular flexibility index (Phi) is 4.83. The molecule has 0 saturated carbocycles. The Labute approximate surface area is 147 Å². The number of ether oxygens (including phenoxy) is 1. The fraction of sp³-hybridized carbons (Fsp3) is 0.474. The summed E-state index contributed by atoms with van der Waals surface area (Å²) in [4.78, 5) is 3.61. The van der Waals surface area contributed by atoms with Crippen LogP contribution in [0.5, 0.6) is 5.75 Å². The first-order valence-electron chi connectivity index (χ1n) is 8.25. The predicted molar refractivity (Wildman–Crippen MR) is 99.2 cm³/mol. The average Bonchev–Trinajstić information content (AvgIpc) is 3.06. The molecule has 0 unspecified atom stereocenters. The lowest BCUT2D eigenvalue weighted by molar-refractivity contribution is 0.144. The molecule has 0 aliphatic carbocycles. The molecule has 0 spiro atoms. The van der Waals surface area contributed by atoms with Crippen molar-refractivity contribution in [3.05, 3.63) is 40.6 Å². The number of fused-ring (bicyclic) bond motifs is 1. The number of thioether (sulfide) groups is 1. The number of aliphatic hydroxyl groups is 1. The van der Waals surface area contributed by atoms with Gasteiger partial charge in [0.1, 0.15) is 23.7 Å². The minimum Gasteiger partial charge on any atom is -0.488 e. The van der Waals surface area contributed by atoms with Crippen molar-refractivity contribution in [2.75, 3.05) is 19.1 Å². The molecule has 0 saturated heterocycles. The molecule has 1 aromatic carbocycles. The van der Waals surface area contributed by atoms with Gasteiger partial charge >= 0.3 is 0 Å². The summed E-state index contributed by atoms with van der Waals surface area (Å²) in [5, 5.41) is 10.3. The summed E-state index contributed by atoms with van der Waals surface area (Å²) in [6.07, 6.45) is 0.759. The molecule has 1 aromatic heterocycles. The van der Waals surface area contributed by atoms with Gasteiger partial charge in [0.2, 0.25) is 0 Å². The second-order valence-electron chi connectivity index (χ2n) is 6.84. The topological polar surface area (TPSA) is 45.8 Å². The van der Waals surface area contributed by atoms with Crippen LogP contribution in [0.4, 0.5) is 0 Å². The zero-order valence-corrected chi connectivity index (χ0v) is 15.6. The fourth-order valence-electron chi connectivity index (χ4n) is 3.07. The van der Waals surface area contributed by atoms with Gasteiger partial charge in [0.25, 0.3) is 0 Å². The zero-order valence-electron chi connectivity index (χ0n) is 14.8. The first kappa shape index (κ1) is 17.2. The van der Waals surface area contributed by atoms with Crippen molar-refractivity contribution in [2.45, 2.75) is 39.7 Å². The Hall–Kier alpha value is -1.59. The summed E-state index contributed by atoms with van der Waals surface area (Å²) in [6, 6.07) is 7.95. The summed E-state index contributed by atoms with van der Waals surface area (Å²) in [5.74, 6) is 2.68. The number of benzene rings is 1. The standard InChI is InChI=1S/C19H25NO3S/c1-13-9-15-10-16(5-6-17(15)23-13)22-11-18-14(2)20(12-24-18)19(3,4)7-8-21/h5-6,9-10,21H,7-8,11-12H2,1-4H3. The summed E-state index contributed by atoms with van der Waals surface area (Å²) in [7, 11) is 0. The molecule has 3 rings (SSSR count). The second-order valence-corrected chi connectivity index (χ2v) is 7.88. The van der Waals surface area contributed by atoms with Gasteiger partial charge in [0, 0.05) is 28.1 Å². The highest BCUT2D eigenvalue weighted by molar-refractivity contribution is 8.03. The largest absolute Gasteiger partial charge is 0.488 e. The van der Waals surface area contributed by atoms with Gasteiger partial charge < -0.3 is 19.2 Å².